The lowest BCUT2D eigenvalue weighted by molar-refractivity contribution is 0.0813. The molecule has 1 aliphatic rings. The fraction of sp³-hybridized carbons (Fsp3) is 0.400. The van der Waals surface area contributed by atoms with E-state index in [0.717, 1.165) is 24.3 Å². The van der Waals surface area contributed by atoms with Crippen LogP contribution in [-0.4, -0.2) is 32.6 Å². The van der Waals surface area contributed by atoms with Crippen LogP contribution in [0.2, 0.25) is 0 Å². The van der Waals surface area contributed by atoms with Gasteiger partial charge in [-0.25, -0.2) is 9.50 Å². The molecular formula is C20H24N4O2. The first-order chi connectivity index (χ1) is 12.7. The van der Waals surface area contributed by atoms with E-state index in [-0.39, 0.29) is 11.6 Å². The van der Waals surface area contributed by atoms with Gasteiger partial charge in [0.25, 0.3) is 5.56 Å². The molecule has 0 spiro atoms. The van der Waals surface area contributed by atoms with Crippen LogP contribution >= 0.6 is 0 Å². The van der Waals surface area contributed by atoms with Crippen LogP contribution in [0.4, 0.5) is 0 Å². The van der Waals surface area contributed by atoms with Crippen molar-refractivity contribution < 1.29 is 4.74 Å². The largest absolute Gasteiger partial charge is 0.496 e. The third-order valence-electron chi connectivity index (χ3n) is 5.34. The van der Waals surface area contributed by atoms with Crippen LogP contribution in [0.15, 0.2) is 47.4 Å². The van der Waals surface area contributed by atoms with Gasteiger partial charge in [-0.05, 0) is 25.8 Å². The SMILES string of the molecule is COc1ccccc1[C@H]1CCC[C@@H](C)N1Cc1cc(=O)n2[nH]ccc2n1. The molecule has 0 unspecified atom stereocenters. The summed E-state index contributed by atoms with van der Waals surface area (Å²) in [6.45, 7) is 2.91. The van der Waals surface area contributed by atoms with Gasteiger partial charge in [-0.1, -0.05) is 24.6 Å². The first kappa shape index (κ1) is 16.8. The van der Waals surface area contributed by atoms with Gasteiger partial charge in [-0.2, -0.15) is 0 Å². The van der Waals surface area contributed by atoms with E-state index in [0.29, 0.717) is 18.2 Å². The van der Waals surface area contributed by atoms with Crippen molar-refractivity contribution in [3.8, 4) is 5.75 Å². The van der Waals surface area contributed by atoms with Crippen molar-refractivity contribution in [1.29, 1.82) is 0 Å². The Balaban J connectivity index is 1.69. The molecule has 2 aromatic heterocycles. The lowest BCUT2D eigenvalue weighted by atomic mass is 9.90. The Morgan fingerprint density at radius 3 is 2.96 bits per heavy atom. The van der Waals surface area contributed by atoms with Crippen LogP contribution in [0.3, 0.4) is 0 Å². The van der Waals surface area contributed by atoms with Crippen LogP contribution in [0.1, 0.15) is 43.5 Å². The predicted octanol–water partition coefficient (Wildman–Crippen LogP) is 3.15. The third-order valence-corrected chi connectivity index (χ3v) is 5.34. The molecule has 0 saturated carbocycles. The molecule has 0 amide bonds. The molecule has 0 radical (unpaired) electrons. The molecule has 6 heteroatoms. The summed E-state index contributed by atoms with van der Waals surface area (Å²) in [6.07, 6.45) is 5.15. The highest BCUT2D eigenvalue weighted by Crippen LogP contribution is 2.39. The van der Waals surface area contributed by atoms with Crippen molar-refractivity contribution >= 4 is 5.65 Å². The van der Waals surface area contributed by atoms with Crippen molar-refractivity contribution in [3.05, 3.63) is 64.2 Å². The van der Waals surface area contributed by atoms with Crippen LogP contribution < -0.4 is 10.3 Å². The Hall–Kier alpha value is -2.60. The molecular weight excluding hydrogens is 328 g/mol. The Kier molecular flexibility index (Phi) is 4.51. The number of likely N-dealkylation sites (tertiary alicyclic amines) is 1. The first-order valence-corrected chi connectivity index (χ1v) is 9.12. The van der Waals surface area contributed by atoms with Gasteiger partial charge >= 0.3 is 0 Å². The summed E-state index contributed by atoms with van der Waals surface area (Å²) >= 11 is 0. The number of aromatic amines is 1. The summed E-state index contributed by atoms with van der Waals surface area (Å²) in [5.74, 6) is 0.922. The van der Waals surface area contributed by atoms with Gasteiger partial charge in [0.05, 0.1) is 12.8 Å². The summed E-state index contributed by atoms with van der Waals surface area (Å²) in [5.41, 5.74) is 2.60. The molecule has 6 nitrogen and oxygen atoms in total. The Morgan fingerprint density at radius 1 is 1.27 bits per heavy atom. The lowest BCUT2D eigenvalue weighted by Crippen LogP contribution is -2.40. The molecule has 3 heterocycles. The van der Waals surface area contributed by atoms with Crippen molar-refractivity contribution in [2.24, 2.45) is 0 Å². The minimum Gasteiger partial charge on any atom is -0.496 e. The third kappa shape index (κ3) is 3.01. The van der Waals surface area contributed by atoms with Crippen LogP contribution in [0.5, 0.6) is 5.75 Å². The van der Waals surface area contributed by atoms with E-state index in [2.05, 4.69) is 34.0 Å². The second-order valence-electron chi connectivity index (χ2n) is 6.95. The maximum Gasteiger partial charge on any atom is 0.272 e. The van der Waals surface area contributed by atoms with Gasteiger partial charge in [0.15, 0.2) is 5.65 Å². The number of rotatable bonds is 4. The van der Waals surface area contributed by atoms with E-state index in [4.69, 9.17) is 4.74 Å². The second kappa shape index (κ2) is 6.96. The van der Waals surface area contributed by atoms with Crippen LogP contribution in [-0.2, 0) is 6.54 Å². The molecule has 0 aliphatic carbocycles. The number of nitrogens with one attached hydrogen (secondary N) is 1. The Bertz CT molecular complexity index is 962. The standard InChI is InChI=1S/C20H24N4O2/c1-14-6-5-8-17(16-7-3-4-9-18(16)26-2)23(14)13-15-12-20(25)24-19(22-15)10-11-21-24/h3-4,7,9-12,14,17,21H,5-6,8,13H2,1-2H3/t14-,17-/m1/s1. The molecule has 1 fully saturated rings. The number of piperidine rings is 1. The number of methoxy groups -OCH3 is 1. The molecule has 1 N–H and O–H groups in total. The second-order valence-corrected chi connectivity index (χ2v) is 6.95. The number of hydrogen-bond acceptors (Lipinski definition) is 4. The molecule has 2 atom stereocenters. The van der Waals surface area contributed by atoms with Crippen molar-refractivity contribution in [3.63, 3.8) is 0 Å². The number of benzene rings is 1. The van der Waals surface area contributed by atoms with E-state index in [1.807, 2.05) is 18.2 Å². The molecule has 26 heavy (non-hydrogen) atoms. The van der Waals surface area contributed by atoms with Crippen LogP contribution in [0, 0.1) is 0 Å². The first-order valence-electron chi connectivity index (χ1n) is 9.12. The number of fused-ring (bicyclic) bond motifs is 1. The van der Waals surface area contributed by atoms with Crippen molar-refractivity contribution in [1.82, 2.24) is 19.5 Å². The van der Waals surface area contributed by atoms with E-state index < -0.39 is 0 Å². The minimum atomic E-state index is -0.0755. The highest BCUT2D eigenvalue weighted by Gasteiger charge is 2.31. The fourth-order valence-corrected chi connectivity index (χ4v) is 4.03. The van der Waals surface area contributed by atoms with Crippen molar-refractivity contribution in [2.75, 3.05) is 7.11 Å². The van der Waals surface area contributed by atoms with E-state index in [1.54, 1.807) is 19.4 Å². The molecule has 0 bridgehead atoms. The van der Waals surface area contributed by atoms with E-state index in [9.17, 15) is 4.79 Å². The zero-order chi connectivity index (χ0) is 18.1. The molecule has 3 aromatic rings. The summed E-state index contributed by atoms with van der Waals surface area (Å²) in [7, 11) is 1.72. The Labute approximate surface area is 152 Å². The minimum absolute atomic E-state index is 0.0755. The van der Waals surface area contributed by atoms with Crippen LogP contribution in [0.25, 0.3) is 5.65 Å². The zero-order valence-corrected chi connectivity index (χ0v) is 15.2. The van der Waals surface area contributed by atoms with Gasteiger partial charge in [0.2, 0.25) is 0 Å². The number of H-pyrrole nitrogens is 1. The summed E-state index contributed by atoms with van der Waals surface area (Å²) in [6, 6.07) is 12.4. The Morgan fingerprint density at radius 2 is 2.12 bits per heavy atom. The van der Waals surface area contributed by atoms with Gasteiger partial charge in [0, 0.05) is 42.5 Å². The highest BCUT2D eigenvalue weighted by atomic mass is 16.5. The normalized spacial score (nSPS) is 21.2. The molecule has 4 rings (SSSR count). The van der Waals surface area contributed by atoms with E-state index >= 15 is 0 Å². The topological polar surface area (TPSA) is 62.6 Å². The van der Waals surface area contributed by atoms with E-state index in [1.165, 1.54) is 16.5 Å². The monoisotopic (exact) mass is 352 g/mol. The predicted molar refractivity (Wildman–Crippen MR) is 100 cm³/mol. The molecule has 1 aliphatic heterocycles. The average Bonchev–Trinajstić information content (AvgIpc) is 3.12. The number of hydrogen-bond donors (Lipinski definition) is 1. The molecule has 136 valence electrons. The lowest BCUT2D eigenvalue weighted by Gasteiger charge is -2.41. The number of nitrogens with zero attached hydrogens (tertiary/aromatic N) is 3. The molecule has 1 saturated heterocycles. The van der Waals surface area contributed by atoms with Gasteiger partial charge in [-0.3, -0.25) is 14.8 Å². The van der Waals surface area contributed by atoms with Crippen molar-refractivity contribution in [2.45, 2.75) is 44.8 Å². The van der Waals surface area contributed by atoms with Gasteiger partial charge in [0.1, 0.15) is 5.75 Å². The highest BCUT2D eigenvalue weighted by molar-refractivity contribution is 5.38. The smallest absolute Gasteiger partial charge is 0.272 e. The number of para-hydroxylation sites is 1. The summed E-state index contributed by atoms with van der Waals surface area (Å²) < 4.78 is 7.06. The average molecular weight is 352 g/mol. The summed E-state index contributed by atoms with van der Waals surface area (Å²) in [4.78, 5) is 19.4. The molecule has 1 aromatic carbocycles. The maximum absolute atomic E-state index is 12.3. The van der Waals surface area contributed by atoms with Gasteiger partial charge < -0.3 is 4.74 Å². The summed E-state index contributed by atoms with van der Waals surface area (Å²) in [5, 5.41) is 2.89. The fourth-order valence-electron chi connectivity index (χ4n) is 4.03. The quantitative estimate of drug-likeness (QED) is 0.783. The number of aromatic nitrogens is 3. The zero-order valence-electron chi connectivity index (χ0n) is 15.2. The van der Waals surface area contributed by atoms with Gasteiger partial charge in [-0.15, -0.1) is 0 Å². The number of ether oxygens (including phenoxy) is 1. The maximum atomic E-state index is 12.3.